The molecule has 82 valence electrons. The first-order valence-electron chi connectivity index (χ1n) is 4.49. The second-order valence-corrected chi connectivity index (χ2v) is 3.46. The van der Waals surface area contributed by atoms with E-state index in [2.05, 4.69) is 4.98 Å². The monoisotopic (exact) mass is 229 g/mol. The normalized spacial score (nSPS) is 12.2. The van der Waals surface area contributed by atoms with E-state index < -0.39 is 0 Å². The number of hydrogen-bond acceptors (Lipinski definition) is 4. The Morgan fingerprint density at radius 1 is 1.73 bits per heavy atom. The van der Waals surface area contributed by atoms with Crippen molar-refractivity contribution < 1.29 is 14.6 Å². The van der Waals surface area contributed by atoms with Crippen molar-refractivity contribution in [3.8, 4) is 0 Å². The van der Waals surface area contributed by atoms with Crippen LogP contribution in [0.5, 0.6) is 0 Å². The van der Waals surface area contributed by atoms with Crippen LogP contribution in [-0.4, -0.2) is 29.3 Å². The summed E-state index contributed by atoms with van der Waals surface area (Å²) in [5.74, 6) is -0.761. The molecule has 0 saturated heterocycles. The van der Waals surface area contributed by atoms with Gasteiger partial charge in [0.15, 0.2) is 0 Å². The summed E-state index contributed by atoms with van der Waals surface area (Å²) in [6, 6.07) is 3.38. The maximum absolute atomic E-state index is 10.6. The van der Waals surface area contributed by atoms with Crippen molar-refractivity contribution >= 4 is 17.6 Å². The minimum absolute atomic E-state index is 0.0859. The van der Waals surface area contributed by atoms with Crippen LogP contribution in [0.15, 0.2) is 18.3 Å². The van der Waals surface area contributed by atoms with Gasteiger partial charge < -0.3 is 9.84 Å². The van der Waals surface area contributed by atoms with Gasteiger partial charge in [-0.1, -0.05) is 11.6 Å². The first kappa shape index (κ1) is 11.9. The lowest BCUT2D eigenvalue weighted by molar-refractivity contribution is -0.141. The van der Waals surface area contributed by atoms with Gasteiger partial charge in [-0.3, -0.25) is 9.78 Å². The van der Waals surface area contributed by atoms with E-state index in [0.717, 1.165) is 0 Å². The molecular formula is C10H12ClNO3. The molecule has 15 heavy (non-hydrogen) atoms. The summed E-state index contributed by atoms with van der Waals surface area (Å²) in [5.41, 5.74) is 0.544. The van der Waals surface area contributed by atoms with Gasteiger partial charge in [0.25, 0.3) is 0 Å². The van der Waals surface area contributed by atoms with Crippen LogP contribution in [0.3, 0.4) is 0 Å². The van der Waals surface area contributed by atoms with Gasteiger partial charge >= 0.3 is 5.97 Å². The third kappa shape index (κ3) is 3.49. The summed E-state index contributed by atoms with van der Waals surface area (Å²) in [4.78, 5) is 14.7. The van der Waals surface area contributed by atoms with Gasteiger partial charge in [0.1, 0.15) is 6.61 Å². The fourth-order valence-electron chi connectivity index (χ4n) is 1.13. The van der Waals surface area contributed by atoms with Crippen LogP contribution in [0.25, 0.3) is 0 Å². The average molecular weight is 230 g/mol. The molecule has 0 spiro atoms. The first-order chi connectivity index (χ1) is 7.15. The van der Waals surface area contributed by atoms with Crippen LogP contribution < -0.4 is 0 Å². The van der Waals surface area contributed by atoms with Crippen molar-refractivity contribution in [1.29, 1.82) is 0 Å². The molecular weight excluding hydrogens is 218 g/mol. The third-order valence-corrected chi connectivity index (χ3v) is 2.20. The maximum Gasteiger partial charge on any atom is 0.302 e. The zero-order valence-corrected chi connectivity index (χ0v) is 9.07. The van der Waals surface area contributed by atoms with E-state index in [1.54, 1.807) is 18.3 Å². The molecule has 1 aromatic heterocycles. The van der Waals surface area contributed by atoms with E-state index >= 15 is 0 Å². The molecule has 1 N–H and O–H groups in total. The summed E-state index contributed by atoms with van der Waals surface area (Å²) in [5, 5.41) is 9.59. The summed E-state index contributed by atoms with van der Waals surface area (Å²) in [6.07, 6.45) is 1.58. The van der Waals surface area contributed by atoms with Crippen molar-refractivity contribution in [2.75, 3.05) is 13.2 Å². The highest BCUT2D eigenvalue weighted by Crippen LogP contribution is 2.21. The van der Waals surface area contributed by atoms with E-state index in [1.165, 1.54) is 6.92 Å². The van der Waals surface area contributed by atoms with Crippen LogP contribution in [0.2, 0.25) is 5.02 Å². The Kier molecular flexibility index (Phi) is 4.52. The van der Waals surface area contributed by atoms with Crippen molar-refractivity contribution in [2.24, 2.45) is 0 Å². The van der Waals surface area contributed by atoms with Crippen LogP contribution >= 0.6 is 11.6 Å². The second-order valence-electron chi connectivity index (χ2n) is 3.05. The van der Waals surface area contributed by atoms with Crippen molar-refractivity contribution in [3.63, 3.8) is 0 Å². The zero-order valence-electron chi connectivity index (χ0n) is 8.31. The summed E-state index contributed by atoms with van der Waals surface area (Å²) in [6.45, 7) is 1.24. The standard InChI is InChI=1S/C10H12ClNO3/c1-7(14)15-6-8(5-13)10-9(11)3-2-4-12-10/h2-4,8,13H,5-6H2,1H3/t8-/m0/s1. The van der Waals surface area contributed by atoms with Gasteiger partial charge in [-0.25, -0.2) is 0 Å². The zero-order chi connectivity index (χ0) is 11.3. The van der Waals surface area contributed by atoms with Gasteiger partial charge in [-0.05, 0) is 12.1 Å². The smallest absolute Gasteiger partial charge is 0.302 e. The molecule has 0 fully saturated rings. The Balaban J connectivity index is 2.74. The molecule has 1 rings (SSSR count). The van der Waals surface area contributed by atoms with Gasteiger partial charge in [0, 0.05) is 13.1 Å². The number of hydrogen-bond donors (Lipinski definition) is 1. The molecule has 5 heteroatoms. The predicted octanol–water partition coefficient (Wildman–Crippen LogP) is 1.37. The SMILES string of the molecule is CC(=O)OC[C@H](CO)c1ncccc1Cl. The number of aliphatic hydroxyl groups excluding tert-OH is 1. The number of ether oxygens (including phenoxy) is 1. The summed E-state index contributed by atoms with van der Waals surface area (Å²) >= 11 is 5.90. The molecule has 0 aliphatic heterocycles. The fraction of sp³-hybridized carbons (Fsp3) is 0.400. The average Bonchev–Trinajstić information content (AvgIpc) is 2.21. The lowest BCUT2D eigenvalue weighted by atomic mass is 10.1. The molecule has 0 saturated carbocycles. The fourth-order valence-corrected chi connectivity index (χ4v) is 1.41. The molecule has 1 aromatic rings. The number of pyridine rings is 1. The van der Waals surface area contributed by atoms with E-state index in [9.17, 15) is 4.79 Å². The van der Waals surface area contributed by atoms with Crippen LogP contribution in [0.1, 0.15) is 18.5 Å². The van der Waals surface area contributed by atoms with Gasteiger partial charge in [-0.15, -0.1) is 0 Å². The number of carbonyl (C=O) groups excluding carboxylic acids is 1. The Labute approximate surface area is 92.8 Å². The number of carbonyl (C=O) groups is 1. The number of aromatic nitrogens is 1. The topological polar surface area (TPSA) is 59.4 Å². The molecule has 4 nitrogen and oxygen atoms in total. The molecule has 1 heterocycles. The lowest BCUT2D eigenvalue weighted by Gasteiger charge is -2.14. The third-order valence-electron chi connectivity index (χ3n) is 1.88. The number of nitrogens with zero attached hydrogens (tertiary/aromatic N) is 1. The quantitative estimate of drug-likeness (QED) is 0.793. The highest BCUT2D eigenvalue weighted by Gasteiger charge is 2.16. The summed E-state index contributed by atoms with van der Waals surface area (Å²) < 4.78 is 4.81. The molecule has 0 aliphatic rings. The molecule has 0 aromatic carbocycles. The van der Waals surface area contributed by atoms with E-state index in [4.69, 9.17) is 21.4 Å². The largest absolute Gasteiger partial charge is 0.465 e. The predicted molar refractivity (Wildman–Crippen MR) is 55.7 cm³/mol. The molecule has 0 aliphatic carbocycles. The number of halogens is 1. The number of aliphatic hydroxyl groups is 1. The molecule has 0 bridgehead atoms. The van der Waals surface area contributed by atoms with Gasteiger partial charge in [-0.2, -0.15) is 0 Å². The number of rotatable bonds is 4. The summed E-state index contributed by atoms with van der Waals surface area (Å²) in [7, 11) is 0. The molecule has 1 atom stereocenters. The van der Waals surface area contributed by atoms with E-state index in [1.807, 2.05) is 0 Å². The second kappa shape index (κ2) is 5.68. The van der Waals surface area contributed by atoms with Crippen LogP contribution in [-0.2, 0) is 9.53 Å². The lowest BCUT2D eigenvalue weighted by Crippen LogP contribution is -2.15. The van der Waals surface area contributed by atoms with Gasteiger partial charge in [0.2, 0.25) is 0 Å². The van der Waals surface area contributed by atoms with Crippen molar-refractivity contribution in [3.05, 3.63) is 29.0 Å². The Bertz CT molecular complexity index is 343. The molecule has 0 amide bonds. The first-order valence-corrected chi connectivity index (χ1v) is 4.87. The molecule has 0 radical (unpaired) electrons. The Morgan fingerprint density at radius 3 is 3.00 bits per heavy atom. The maximum atomic E-state index is 10.6. The minimum atomic E-state index is -0.388. The Morgan fingerprint density at radius 2 is 2.47 bits per heavy atom. The van der Waals surface area contributed by atoms with Crippen LogP contribution in [0, 0.1) is 0 Å². The van der Waals surface area contributed by atoms with Crippen molar-refractivity contribution in [1.82, 2.24) is 4.98 Å². The molecule has 0 unspecified atom stereocenters. The highest BCUT2D eigenvalue weighted by atomic mass is 35.5. The minimum Gasteiger partial charge on any atom is -0.465 e. The van der Waals surface area contributed by atoms with Crippen molar-refractivity contribution in [2.45, 2.75) is 12.8 Å². The number of esters is 1. The highest BCUT2D eigenvalue weighted by molar-refractivity contribution is 6.31. The van der Waals surface area contributed by atoms with E-state index in [0.29, 0.717) is 10.7 Å². The van der Waals surface area contributed by atoms with Gasteiger partial charge in [0.05, 0.1) is 23.2 Å². The van der Waals surface area contributed by atoms with Crippen LogP contribution in [0.4, 0.5) is 0 Å². The Hall–Kier alpha value is -1.13. The van der Waals surface area contributed by atoms with E-state index in [-0.39, 0.29) is 25.1 Å².